The monoisotopic (exact) mass is 279 g/mol. The van der Waals surface area contributed by atoms with Gasteiger partial charge in [-0.15, -0.1) is 0 Å². The van der Waals surface area contributed by atoms with Crippen LogP contribution in [0.1, 0.15) is 44.6 Å². The Balaban J connectivity index is 1.55. The molecule has 1 fully saturated rings. The van der Waals surface area contributed by atoms with Crippen LogP contribution in [0.3, 0.4) is 0 Å². The minimum absolute atomic E-state index is 0.0574. The third-order valence-corrected chi connectivity index (χ3v) is 3.83. The summed E-state index contributed by atoms with van der Waals surface area (Å²) in [6, 6.07) is 7.69. The Hall–Kier alpha value is -0.930. The molecule has 2 nitrogen and oxygen atoms in total. The van der Waals surface area contributed by atoms with E-state index in [0.29, 0.717) is 17.9 Å². The molecule has 0 bridgehead atoms. The standard InChI is InChI=1S/C17H26FNO/c1-13(2)12-20-9-5-8-19-15-10-14(11-15)16-6-3-4-7-17(16)18/h3-4,6-7,13-15,19H,5,8-12H2,1-2H3. The van der Waals surface area contributed by atoms with Crippen LogP contribution in [0.15, 0.2) is 24.3 Å². The number of nitrogens with one attached hydrogen (secondary N) is 1. The first-order chi connectivity index (χ1) is 9.66. The van der Waals surface area contributed by atoms with Gasteiger partial charge in [0.05, 0.1) is 0 Å². The van der Waals surface area contributed by atoms with Gasteiger partial charge in [-0.25, -0.2) is 4.39 Å². The molecule has 0 amide bonds. The lowest BCUT2D eigenvalue weighted by Gasteiger charge is -2.36. The number of halogens is 1. The van der Waals surface area contributed by atoms with Crippen molar-refractivity contribution in [3.05, 3.63) is 35.6 Å². The van der Waals surface area contributed by atoms with Gasteiger partial charge in [-0.05, 0) is 49.3 Å². The summed E-state index contributed by atoms with van der Waals surface area (Å²) in [5.74, 6) is 0.944. The lowest BCUT2D eigenvalue weighted by Crippen LogP contribution is -2.41. The van der Waals surface area contributed by atoms with Crippen molar-refractivity contribution in [2.24, 2.45) is 5.92 Å². The molecule has 20 heavy (non-hydrogen) atoms. The fourth-order valence-electron chi connectivity index (χ4n) is 2.64. The summed E-state index contributed by atoms with van der Waals surface area (Å²) in [6.45, 7) is 6.99. The number of hydrogen-bond acceptors (Lipinski definition) is 2. The highest BCUT2D eigenvalue weighted by Gasteiger charge is 2.31. The molecule has 0 heterocycles. The van der Waals surface area contributed by atoms with E-state index in [1.165, 1.54) is 0 Å². The summed E-state index contributed by atoms with van der Waals surface area (Å²) in [4.78, 5) is 0. The van der Waals surface area contributed by atoms with E-state index < -0.39 is 0 Å². The van der Waals surface area contributed by atoms with E-state index in [9.17, 15) is 4.39 Å². The molecule has 1 aromatic rings. The molecule has 112 valence electrons. The lowest BCUT2D eigenvalue weighted by atomic mass is 9.75. The molecule has 0 saturated heterocycles. The van der Waals surface area contributed by atoms with Crippen molar-refractivity contribution >= 4 is 0 Å². The fourth-order valence-corrected chi connectivity index (χ4v) is 2.64. The van der Waals surface area contributed by atoms with Crippen molar-refractivity contribution in [3.8, 4) is 0 Å². The normalized spacial score (nSPS) is 22.0. The molecule has 1 N–H and O–H groups in total. The maximum atomic E-state index is 13.6. The zero-order valence-electron chi connectivity index (χ0n) is 12.6. The van der Waals surface area contributed by atoms with Crippen LogP contribution in [0.5, 0.6) is 0 Å². The molecule has 0 atom stereocenters. The highest BCUT2D eigenvalue weighted by Crippen LogP contribution is 2.37. The molecule has 2 rings (SSSR count). The molecule has 1 aliphatic carbocycles. The quantitative estimate of drug-likeness (QED) is 0.732. The van der Waals surface area contributed by atoms with E-state index >= 15 is 0 Å². The summed E-state index contributed by atoms with van der Waals surface area (Å²) >= 11 is 0. The van der Waals surface area contributed by atoms with E-state index in [0.717, 1.165) is 44.6 Å². The largest absolute Gasteiger partial charge is 0.381 e. The molecule has 0 unspecified atom stereocenters. The van der Waals surface area contributed by atoms with Crippen molar-refractivity contribution < 1.29 is 9.13 Å². The van der Waals surface area contributed by atoms with Gasteiger partial charge in [0.1, 0.15) is 5.82 Å². The Morgan fingerprint density at radius 3 is 2.75 bits per heavy atom. The van der Waals surface area contributed by atoms with E-state index in [4.69, 9.17) is 4.74 Å². The SMILES string of the molecule is CC(C)COCCCNC1CC(c2ccccc2F)C1. The van der Waals surface area contributed by atoms with Crippen LogP contribution < -0.4 is 5.32 Å². The Labute approximate surface area is 121 Å². The third kappa shape index (κ3) is 4.57. The van der Waals surface area contributed by atoms with Crippen molar-refractivity contribution in [1.82, 2.24) is 5.32 Å². The topological polar surface area (TPSA) is 21.3 Å². The second-order valence-electron chi connectivity index (χ2n) is 6.16. The number of hydrogen-bond donors (Lipinski definition) is 1. The predicted octanol–water partition coefficient (Wildman–Crippen LogP) is 3.72. The van der Waals surface area contributed by atoms with Gasteiger partial charge < -0.3 is 10.1 Å². The molecule has 0 radical (unpaired) electrons. The van der Waals surface area contributed by atoms with Crippen molar-refractivity contribution in [2.45, 2.75) is 45.1 Å². The minimum Gasteiger partial charge on any atom is -0.381 e. The van der Waals surface area contributed by atoms with E-state index in [1.54, 1.807) is 12.1 Å². The summed E-state index contributed by atoms with van der Waals surface area (Å²) in [5.41, 5.74) is 0.880. The van der Waals surface area contributed by atoms with Gasteiger partial charge in [0.15, 0.2) is 0 Å². The first kappa shape index (κ1) is 15.5. The van der Waals surface area contributed by atoms with E-state index in [1.807, 2.05) is 12.1 Å². The van der Waals surface area contributed by atoms with E-state index in [2.05, 4.69) is 19.2 Å². The van der Waals surface area contributed by atoms with Gasteiger partial charge in [-0.1, -0.05) is 32.0 Å². The molecular weight excluding hydrogens is 253 g/mol. The summed E-state index contributed by atoms with van der Waals surface area (Å²) < 4.78 is 19.2. The lowest BCUT2D eigenvalue weighted by molar-refractivity contribution is 0.106. The molecular formula is C17H26FNO. The Morgan fingerprint density at radius 1 is 1.30 bits per heavy atom. The highest BCUT2D eigenvalue weighted by molar-refractivity contribution is 5.24. The van der Waals surface area contributed by atoms with Crippen LogP contribution in [0.25, 0.3) is 0 Å². The summed E-state index contributed by atoms with van der Waals surface area (Å²) in [6.07, 6.45) is 3.15. The summed E-state index contributed by atoms with van der Waals surface area (Å²) in [7, 11) is 0. The number of rotatable bonds is 8. The minimum atomic E-state index is -0.0574. The molecule has 0 spiro atoms. The molecule has 0 aliphatic heterocycles. The molecule has 0 aromatic heterocycles. The van der Waals surface area contributed by atoms with E-state index in [-0.39, 0.29) is 5.82 Å². The Kier molecular flexibility index (Phi) is 5.99. The first-order valence-corrected chi connectivity index (χ1v) is 7.72. The second-order valence-corrected chi connectivity index (χ2v) is 6.16. The van der Waals surface area contributed by atoms with Gasteiger partial charge in [-0.3, -0.25) is 0 Å². The molecule has 3 heteroatoms. The third-order valence-electron chi connectivity index (χ3n) is 3.83. The van der Waals surface area contributed by atoms with Gasteiger partial charge in [0.25, 0.3) is 0 Å². The van der Waals surface area contributed by atoms with Crippen LogP contribution in [-0.2, 0) is 4.74 Å². The van der Waals surface area contributed by atoms with Crippen LogP contribution in [0.2, 0.25) is 0 Å². The predicted molar refractivity (Wildman–Crippen MR) is 80.4 cm³/mol. The number of ether oxygens (including phenoxy) is 1. The van der Waals surface area contributed by atoms with Crippen molar-refractivity contribution in [2.75, 3.05) is 19.8 Å². The molecule has 1 aliphatic rings. The van der Waals surface area contributed by atoms with Gasteiger partial charge in [0, 0.05) is 19.3 Å². The zero-order valence-corrected chi connectivity index (χ0v) is 12.6. The van der Waals surface area contributed by atoms with Crippen molar-refractivity contribution in [3.63, 3.8) is 0 Å². The average Bonchev–Trinajstić information content (AvgIpc) is 2.36. The fraction of sp³-hybridized carbons (Fsp3) is 0.647. The van der Waals surface area contributed by atoms with Gasteiger partial charge >= 0.3 is 0 Å². The van der Waals surface area contributed by atoms with Gasteiger partial charge in [-0.2, -0.15) is 0 Å². The Bertz CT molecular complexity index is 402. The molecule has 1 aromatic carbocycles. The maximum Gasteiger partial charge on any atom is 0.126 e. The van der Waals surface area contributed by atoms with Crippen LogP contribution in [0.4, 0.5) is 4.39 Å². The second kappa shape index (κ2) is 7.75. The zero-order chi connectivity index (χ0) is 14.4. The first-order valence-electron chi connectivity index (χ1n) is 7.72. The van der Waals surface area contributed by atoms with Crippen LogP contribution >= 0.6 is 0 Å². The van der Waals surface area contributed by atoms with Crippen LogP contribution in [-0.4, -0.2) is 25.8 Å². The Morgan fingerprint density at radius 2 is 2.05 bits per heavy atom. The highest BCUT2D eigenvalue weighted by atomic mass is 19.1. The molecule has 1 saturated carbocycles. The maximum absolute atomic E-state index is 13.6. The smallest absolute Gasteiger partial charge is 0.126 e. The number of benzene rings is 1. The summed E-state index contributed by atoms with van der Waals surface area (Å²) in [5, 5.41) is 3.52. The van der Waals surface area contributed by atoms with Crippen molar-refractivity contribution in [1.29, 1.82) is 0 Å². The van der Waals surface area contributed by atoms with Crippen LogP contribution in [0, 0.1) is 11.7 Å². The van der Waals surface area contributed by atoms with Gasteiger partial charge in [0.2, 0.25) is 0 Å². The average molecular weight is 279 g/mol.